The summed E-state index contributed by atoms with van der Waals surface area (Å²) in [5.74, 6) is 0.853. The number of carbonyl (C=O) groups is 1. The molecule has 1 N–H and O–H groups in total. The second-order valence-electron chi connectivity index (χ2n) is 4.74. The lowest BCUT2D eigenvalue weighted by Crippen LogP contribution is -2.30. The SMILES string of the molecule is CN1CCC(Cc2ncc(CC(=O)O)o2)CC1. The van der Waals surface area contributed by atoms with E-state index in [-0.39, 0.29) is 6.42 Å². The predicted molar refractivity (Wildman–Crippen MR) is 61.8 cm³/mol. The van der Waals surface area contributed by atoms with Crippen molar-refractivity contribution >= 4 is 5.97 Å². The second kappa shape index (κ2) is 5.31. The Bertz CT molecular complexity index is 381. The third-order valence-corrected chi connectivity index (χ3v) is 3.23. The summed E-state index contributed by atoms with van der Waals surface area (Å²) in [7, 11) is 2.13. The first kappa shape index (κ1) is 12.1. The van der Waals surface area contributed by atoms with Crippen LogP contribution in [0.5, 0.6) is 0 Å². The third kappa shape index (κ3) is 3.56. The van der Waals surface area contributed by atoms with Crippen LogP contribution in [0.25, 0.3) is 0 Å². The van der Waals surface area contributed by atoms with Gasteiger partial charge in [-0.05, 0) is 38.9 Å². The van der Waals surface area contributed by atoms with Crippen molar-refractivity contribution in [3.8, 4) is 0 Å². The van der Waals surface area contributed by atoms with Crippen LogP contribution in [0.4, 0.5) is 0 Å². The van der Waals surface area contributed by atoms with E-state index in [1.54, 1.807) is 0 Å². The monoisotopic (exact) mass is 238 g/mol. The standard InChI is InChI=1S/C12H18N2O3/c1-14-4-2-9(3-5-14)6-11-13-8-10(17-11)7-12(15)16/h8-9H,2-7H2,1H3,(H,15,16). The summed E-state index contributed by atoms with van der Waals surface area (Å²) < 4.78 is 5.42. The number of carboxylic acids is 1. The zero-order valence-corrected chi connectivity index (χ0v) is 10.1. The van der Waals surface area contributed by atoms with Crippen LogP contribution in [-0.2, 0) is 17.6 Å². The molecular formula is C12H18N2O3. The maximum absolute atomic E-state index is 10.5. The van der Waals surface area contributed by atoms with E-state index in [1.165, 1.54) is 6.20 Å². The smallest absolute Gasteiger partial charge is 0.311 e. The number of likely N-dealkylation sites (tertiary alicyclic amines) is 1. The Balaban J connectivity index is 1.86. The van der Waals surface area contributed by atoms with Gasteiger partial charge in [-0.25, -0.2) is 4.98 Å². The number of carboxylic acid groups (broad SMARTS) is 1. The van der Waals surface area contributed by atoms with E-state index in [2.05, 4.69) is 16.9 Å². The minimum atomic E-state index is -0.882. The molecule has 0 aromatic carbocycles. The van der Waals surface area contributed by atoms with Crippen molar-refractivity contribution in [3.05, 3.63) is 17.8 Å². The van der Waals surface area contributed by atoms with Gasteiger partial charge < -0.3 is 14.4 Å². The van der Waals surface area contributed by atoms with Crippen molar-refractivity contribution in [1.82, 2.24) is 9.88 Å². The average Bonchev–Trinajstić information content (AvgIpc) is 2.68. The molecule has 0 bridgehead atoms. The summed E-state index contributed by atoms with van der Waals surface area (Å²) in [6.07, 6.45) is 4.59. The van der Waals surface area contributed by atoms with Crippen LogP contribution < -0.4 is 0 Å². The summed E-state index contributed by atoms with van der Waals surface area (Å²) in [4.78, 5) is 17.0. The maximum Gasteiger partial charge on any atom is 0.311 e. The van der Waals surface area contributed by atoms with Crippen LogP contribution in [-0.4, -0.2) is 41.1 Å². The number of oxazole rings is 1. The van der Waals surface area contributed by atoms with Gasteiger partial charge in [0.1, 0.15) is 12.2 Å². The molecule has 1 aliphatic rings. The molecule has 1 aliphatic heterocycles. The van der Waals surface area contributed by atoms with Gasteiger partial charge in [0.05, 0.1) is 6.20 Å². The molecule has 1 aromatic rings. The minimum Gasteiger partial charge on any atom is -0.481 e. The van der Waals surface area contributed by atoms with Crippen molar-refractivity contribution < 1.29 is 14.3 Å². The Hall–Kier alpha value is -1.36. The van der Waals surface area contributed by atoms with Gasteiger partial charge in [-0.1, -0.05) is 0 Å². The van der Waals surface area contributed by atoms with Gasteiger partial charge in [0.15, 0.2) is 5.89 Å². The maximum atomic E-state index is 10.5. The number of hydrogen-bond acceptors (Lipinski definition) is 4. The van der Waals surface area contributed by atoms with Gasteiger partial charge in [-0.2, -0.15) is 0 Å². The fourth-order valence-electron chi connectivity index (χ4n) is 2.19. The van der Waals surface area contributed by atoms with E-state index in [4.69, 9.17) is 9.52 Å². The average molecular weight is 238 g/mol. The summed E-state index contributed by atoms with van der Waals surface area (Å²) in [6.45, 7) is 2.24. The molecule has 0 aliphatic carbocycles. The first-order valence-electron chi connectivity index (χ1n) is 5.97. The largest absolute Gasteiger partial charge is 0.481 e. The highest BCUT2D eigenvalue weighted by Crippen LogP contribution is 2.20. The van der Waals surface area contributed by atoms with Crippen LogP contribution in [0.2, 0.25) is 0 Å². The molecule has 17 heavy (non-hydrogen) atoms. The van der Waals surface area contributed by atoms with Crippen LogP contribution in [0.3, 0.4) is 0 Å². The van der Waals surface area contributed by atoms with Crippen molar-refractivity contribution in [2.24, 2.45) is 5.92 Å². The molecule has 0 atom stereocenters. The highest BCUT2D eigenvalue weighted by molar-refractivity contribution is 5.69. The topological polar surface area (TPSA) is 66.6 Å². The highest BCUT2D eigenvalue weighted by Gasteiger charge is 2.19. The fourth-order valence-corrected chi connectivity index (χ4v) is 2.19. The zero-order valence-electron chi connectivity index (χ0n) is 10.1. The molecule has 5 heteroatoms. The van der Waals surface area contributed by atoms with E-state index >= 15 is 0 Å². The lowest BCUT2D eigenvalue weighted by Gasteiger charge is -2.28. The Kier molecular flexibility index (Phi) is 3.78. The van der Waals surface area contributed by atoms with E-state index in [0.29, 0.717) is 17.6 Å². The van der Waals surface area contributed by atoms with Crippen molar-refractivity contribution in [3.63, 3.8) is 0 Å². The number of rotatable bonds is 4. The van der Waals surface area contributed by atoms with Crippen LogP contribution in [0.15, 0.2) is 10.6 Å². The zero-order chi connectivity index (χ0) is 12.3. The van der Waals surface area contributed by atoms with Gasteiger partial charge in [0.2, 0.25) is 0 Å². The molecule has 0 amide bonds. The number of nitrogens with zero attached hydrogens (tertiary/aromatic N) is 2. The molecule has 0 saturated carbocycles. The molecule has 94 valence electrons. The Morgan fingerprint density at radius 2 is 2.29 bits per heavy atom. The number of aromatic nitrogens is 1. The molecule has 1 fully saturated rings. The van der Waals surface area contributed by atoms with Gasteiger partial charge >= 0.3 is 5.97 Å². The fraction of sp³-hybridized carbons (Fsp3) is 0.667. The van der Waals surface area contributed by atoms with E-state index < -0.39 is 5.97 Å². The first-order chi connectivity index (χ1) is 8.13. The van der Waals surface area contributed by atoms with E-state index in [0.717, 1.165) is 32.4 Å². The lowest BCUT2D eigenvalue weighted by atomic mass is 9.94. The molecule has 5 nitrogen and oxygen atoms in total. The van der Waals surface area contributed by atoms with Crippen LogP contribution in [0.1, 0.15) is 24.5 Å². The van der Waals surface area contributed by atoms with E-state index in [1.807, 2.05) is 0 Å². The van der Waals surface area contributed by atoms with E-state index in [9.17, 15) is 4.79 Å². The quantitative estimate of drug-likeness (QED) is 0.853. The van der Waals surface area contributed by atoms with Gasteiger partial charge in [-0.3, -0.25) is 4.79 Å². The van der Waals surface area contributed by atoms with Gasteiger partial charge in [0, 0.05) is 6.42 Å². The van der Waals surface area contributed by atoms with Crippen LogP contribution >= 0.6 is 0 Å². The molecule has 0 spiro atoms. The Labute approximate surface area is 100 Å². The highest BCUT2D eigenvalue weighted by atomic mass is 16.4. The third-order valence-electron chi connectivity index (χ3n) is 3.23. The summed E-state index contributed by atoms with van der Waals surface area (Å²) in [6, 6.07) is 0. The molecule has 0 unspecified atom stereocenters. The van der Waals surface area contributed by atoms with Gasteiger partial charge in [-0.15, -0.1) is 0 Å². The summed E-state index contributed by atoms with van der Waals surface area (Å²) >= 11 is 0. The molecular weight excluding hydrogens is 220 g/mol. The normalized spacial score (nSPS) is 18.4. The Morgan fingerprint density at radius 1 is 1.59 bits per heavy atom. The van der Waals surface area contributed by atoms with Crippen LogP contribution in [0, 0.1) is 5.92 Å². The molecule has 2 heterocycles. The number of hydrogen-bond donors (Lipinski definition) is 1. The summed E-state index contributed by atoms with van der Waals surface area (Å²) in [5, 5.41) is 8.63. The lowest BCUT2D eigenvalue weighted by molar-refractivity contribution is -0.136. The number of piperidine rings is 1. The Morgan fingerprint density at radius 3 is 2.94 bits per heavy atom. The van der Waals surface area contributed by atoms with Crippen molar-refractivity contribution in [2.75, 3.05) is 20.1 Å². The first-order valence-corrected chi connectivity index (χ1v) is 5.97. The molecule has 0 radical (unpaired) electrons. The molecule has 2 rings (SSSR count). The van der Waals surface area contributed by atoms with Gasteiger partial charge in [0.25, 0.3) is 0 Å². The molecule has 1 aromatic heterocycles. The van der Waals surface area contributed by atoms with Crippen molar-refractivity contribution in [1.29, 1.82) is 0 Å². The van der Waals surface area contributed by atoms with Crippen molar-refractivity contribution in [2.45, 2.75) is 25.7 Å². The summed E-state index contributed by atoms with van der Waals surface area (Å²) in [5.41, 5.74) is 0. The minimum absolute atomic E-state index is 0.0829. The number of aliphatic carboxylic acids is 1. The second-order valence-corrected chi connectivity index (χ2v) is 4.74. The predicted octanol–water partition coefficient (Wildman–Crippen LogP) is 1.19. The molecule has 1 saturated heterocycles.